The first-order valence-corrected chi connectivity index (χ1v) is 12.9. The van der Waals surface area contributed by atoms with Gasteiger partial charge in [0.1, 0.15) is 24.4 Å². The fraction of sp³-hybridized carbons (Fsp3) is 0.323. The highest BCUT2D eigenvalue weighted by Crippen LogP contribution is 2.44. The van der Waals surface area contributed by atoms with Crippen molar-refractivity contribution in [2.45, 2.75) is 57.1 Å². The number of rotatable bonds is 9. The van der Waals surface area contributed by atoms with E-state index in [1.165, 1.54) is 20.8 Å². The third-order valence-corrected chi connectivity index (χ3v) is 6.52. The van der Waals surface area contributed by atoms with Crippen LogP contribution in [0.25, 0.3) is 0 Å². The van der Waals surface area contributed by atoms with Gasteiger partial charge in [0.15, 0.2) is 18.5 Å². The van der Waals surface area contributed by atoms with Crippen LogP contribution in [0.4, 0.5) is 0 Å². The highest BCUT2D eigenvalue weighted by molar-refractivity contribution is 5.67. The molecule has 1 heterocycles. The van der Waals surface area contributed by atoms with E-state index in [0.717, 1.165) is 16.7 Å². The van der Waals surface area contributed by atoms with E-state index in [1.807, 2.05) is 91.0 Å². The van der Waals surface area contributed by atoms with E-state index >= 15 is 0 Å². The second-order valence-corrected chi connectivity index (χ2v) is 9.38. The smallest absolute Gasteiger partial charge is 0.303 e. The van der Waals surface area contributed by atoms with E-state index in [2.05, 4.69) is 0 Å². The summed E-state index contributed by atoms with van der Waals surface area (Å²) in [6.45, 7) is 3.28. The minimum Gasteiger partial charge on any atom is -0.463 e. The van der Waals surface area contributed by atoms with E-state index < -0.39 is 54.2 Å². The van der Waals surface area contributed by atoms with E-state index in [1.54, 1.807) is 0 Å². The number of aliphatic hydroxyl groups excluding tert-OH is 1. The predicted molar refractivity (Wildman–Crippen MR) is 143 cm³/mol. The normalized spacial score (nSPS) is 22.6. The summed E-state index contributed by atoms with van der Waals surface area (Å²) in [4.78, 5) is 36.1. The molecule has 0 aromatic heterocycles. The number of hydrogen-bond acceptors (Lipinski definition) is 9. The van der Waals surface area contributed by atoms with Gasteiger partial charge in [-0.05, 0) is 16.7 Å². The molecule has 1 aliphatic heterocycles. The summed E-state index contributed by atoms with van der Waals surface area (Å²) in [5.41, 5.74) is 0.939. The van der Waals surface area contributed by atoms with Gasteiger partial charge in [-0.3, -0.25) is 14.4 Å². The fourth-order valence-electron chi connectivity index (χ4n) is 4.94. The molecule has 0 bridgehead atoms. The molecular weight excluding hydrogens is 516 g/mol. The largest absolute Gasteiger partial charge is 0.463 e. The number of ether oxygens (including phenoxy) is 5. The zero-order valence-corrected chi connectivity index (χ0v) is 22.5. The van der Waals surface area contributed by atoms with Crippen LogP contribution in [0, 0.1) is 0 Å². The lowest BCUT2D eigenvalue weighted by atomic mass is 9.79. The summed E-state index contributed by atoms with van der Waals surface area (Å²) in [5, 5.41) is 10.8. The lowest BCUT2D eigenvalue weighted by Crippen LogP contribution is -2.63. The molecule has 0 aliphatic carbocycles. The van der Waals surface area contributed by atoms with Crippen LogP contribution >= 0.6 is 0 Å². The van der Waals surface area contributed by atoms with Crippen molar-refractivity contribution in [1.29, 1.82) is 0 Å². The first-order valence-electron chi connectivity index (χ1n) is 12.9. The third kappa shape index (κ3) is 6.39. The van der Waals surface area contributed by atoms with Crippen LogP contribution in [0.5, 0.6) is 0 Å². The van der Waals surface area contributed by atoms with Crippen molar-refractivity contribution in [3.8, 4) is 0 Å². The average Bonchev–Trinajstić information content (AvgIpc) is 2.94. The molecular formula is C31H32O9. The van der Waals surface area contributed by atoms with E-state index in [4.69, 9.17) is 23.7 Å². The van der Waals surface area contributed by atoms with Crippen LogP contribution in [-0.2, 0) is 43.7 Å². The summed E-state index contributed by atoms with van der Waals surface area (Å²) < 4.78 is 29.2. The molecule has 210 valence electrons. The Bertz CT molecular complexity index is 1180. The molecule has 3 aromatic rings. The van der Waals surface area contributed by atoms with Gasteiger partial charge in [0.25, 0.3) is 0 Å². The van der Waals surface area contributed by atoms with E-state index in [9.17, 15) is 19.5 Å². The van der Waals surface area contributed by atoms with Crippen LogP contribution in [0.15, 0.2) is 91.0 Å². The predicted octanol–water partition coefficient (Wildman–Crippen LogP) is 3.51. The quantitative estimate of drug-likeness (QED) is 0.244. The molecule has 0 saturated carbocycles. The monoisotopic (exact) mass is 548 g/mol. The number of carbonyl (C=O) groups excluding carboxylic acids is 3. The Morgan fingerprint density at radius 3 is 1.50 bits per heavy atom. The Kier molecular flexibility index (Phi) is 9.31. The van der Waals surface area contributed by atoms with Crippen molar-refractivity contribution in [3.63, 3.8) is 0 Å². The maximum absolute atomic E-state index is 12.3. The summed E-state index contributed by atoms with van der Waals surface area (Å²) in [7, 11) is 0. The van der Waals surface area contributed by atoms with Gasteiger partial charge in [0.05, 0.1) is 0 Å². The molecule has 4 rings (SSSR count). The zero-order chi connectivity index (χ0) is 28.7. The second kappa shape index (κ2) is 12.9. The van der Waals surface area contributed by atoms with E-state index in [-0.39, 0.29) is 6.61 Å². The van der Waals surface area contributed by atoms with Gasteiger partial charge in [0, 0.05) is 20.8 Å². The van der Waals surface area contributed by atoms with Gasteiger partial charge < -0.3 is 28.8 Å². The van der Waals surface area contributed by atoms with Gasteiger partial charge in [-0.2, -0.15) is 0 Å². The Labute approximate surface area is 232 Å². The highest BCUT2D eigenvalue weighted by atomic mass is 16.7. The summed E-state index contributed by atoms with van der Waals surface area (Å²) in [5.74, 6) is -1.99. The molecule has 0 unspecified atom stereocenters. The summed E-state index contributed by atoms with van der Waals surface area (Å²) >= 11 is 0. The second-order valence-electron chi connectivity index (χ2n) is 9.38. The topological polar surface area (TPSA) is 118 Å². The Balaban J connectivity index is 1.95. The lowest BCUT2D eigenvalue weighted by molar-refractivity contribution is -0.309. The molecule has 9 nitrogen and oxygen atoms in total. The molecule has 40 heavy (non-hydrogen) atoms. The van der Waals surface area contributed by atoms with Crippen LogP contribution in [0.1, 0.15) is 37.5 Å². The number of carbonyl (C=O) groups is 3. The Hall–Kier alpha value is -4.05. The molecule has 5 atom stereocenters. The molecule has 1 fully saturated rings. The number of esters is 3. The van der Waals surface area contributed by atoms with Crippen molar-refractivity contribution in [3.05, 3.63) is 108 Å². The summed E-state index contributed by atoms with van der Waals surface area (Å²) in [6, 6.07) is 28.3. The molecule has 1 N–H and O–H groups in total. The first kappa shape index (κ1) is 28.9. The molecule has 9 heteroatoms. The first-order chi connectivity index (χ1) is 19.2. The van der Waals surface area contributed by atoms with Crippen LogP contribution < -0.4 is 0 Å². The van der Waals surface area contributed by atoms with Crippen LogP contribution in [-0.4, -0.2) is 60.3 Å². The number of benzene rings is 3. The Morgan fingerprint density at radius 1 is 0.675 bits per heavy atom. The van der Waals surface area contributed by atoms with E-state index in [0.29, 0.717) is 0 Å². The maximum atomic E-state index is 12.3. The average molecular weight is 549 g/mol. The standard InChI is InChI=1S/C31H32O9/c1-20(32)36-19-26-27(28(37-21(2)33)29(30(35)39-26)38-22(3)34)40-31(23-13-7-4-8-14-23,24-15-9-5-10-16-24)25-17-11-6-12-18-25/h4-18,26-30,35H,19H2,1-3H3/t26-,27+,28+,29-,30+/m1/s1. The van der Waals surface area contributed by atoms with Gasteiger partial charge in [0.2, 0.25) is 0 Å². The van der Waals surface area contributed by atoms with Gasteiger partial charge in [-0.15, -0.1) is 0 Å². The van der Waals surface area contributed by atoms with Crippen molar-refractivity contribution >= 4 is 17.9 Å². The molecule has 0 amide bonds. The van der Waals surface area contributed by atoms with Gasteiger partial charge in [-0.25, -0.2) is 0 Å². The fourth-order valence-corrected chi connectivity index (χ4v) is 4.94. The van der Waals surface area contributed by atoms with Crippen LogP contribution in [0.3, 0.4) is 0 Å². The zero-order valence-electron chi connectivity index (χ0n) is 22.5. The molecule has 0 radical (unpaired) electrons. The van der Waals surface area contributed by atoms with Gasteiger partial charge in [-0.1, -0.05) is 91.0 Å². The Morgan fingerprint density at radius 2 is 1.10 bits per heavy atom. The minimum absolute atomic E-state index is 0.323. The maximum Gasteiger partial charge on any atom is 0.303 e. The summed E-state index contributed by atoms with van der Waals surface area (Å²) in [6.07, 6.45) is -6.71. The van der Waals surface area contributed by atoms with Crippen molar-refractivity contribution in [2.75, 3.05) is 6.61 Å². The van der Waals surface area contributed by atoms with Crippen LogP contribution in [0.2, 0.25) is 0 Å². The molecule has 1 aliphatic rings. The minimum atomic E-state index is -1.69. The highest BCUT2D eigenvalue weighted by Gasteiger charge is 2.54. The number of hydrogen-bond donors (Lipinski definition) is 1. The van der Waals surface area contributed by atoms with Gasteiger partial charge >= 0.3 is 17.9 Å². The SMILES string of the molecule is CC(=O)OC[C@H]1O[C@H](O)[C@H](OC(C)=O)[C@@H](OC(C)=O)[C@H]1OC(c1ccccc1)(c1ccccc1)c1ccccc1. The third-order valence-electron chi connectivity index (χ3n) is 6.52. The van der Waals surface area contributed by atoms with Crippen molar-refractivity contribution < 1.29 is 43.2 Å². The molecule has 0 spiro atoms. The number of aliphatic hydroxyl groups is 1. The van der Waals surface area contributed by atoms with Crippen molar-refractivity contribution in [2.24, 2.45) is 0 Å². The lowest BCUT2D eigenvalue weighted by Gasteiger charge is -2.47. The van der Waals surface area contributed by atoms with Crippen molar-refractivity contribution in [1.82, 2.24) is 0 Å². The molecule has 3 aromatic carbocycles. The molecule has 1 saturated heterocycles.